The lowest BCUT2D eigenvalue weighted by atomic mass is 10.0. The molecule has 0 aliphatic carbocycles. The van der Waals surface area contributed by atoms with Crippen LogP contribution in [0.3, 0.4) is 0 Å². The molecule has 40 heavy (non-hydrogen) atoms. The van der Waals surface area contributed by atoms with Gasteiger partial charge in [-0.1, -0.05) is 67.9 Å². The van der Waals surface area contributed by atoms with E-state index in [0.717, 1.165) is 46.8 Å². The summed E-state index contributed by atoms with van der Waals surface area (Å²) in [4.78, 5) is 15.8. The molecule has 0 spiro atoms. The first kappa shape index (κ1) is 27.7. The number of halogens is 2. The Bertz CT molecular complexity index is 1630. The van der Waals surface area contributed by atoms with Crippen molar-refractivity contribution < 1.29 is 17.2 Å². The number of rotatable bonds is 8. The van der Waals surface area contributed by atoms with Gasteiger partial charge in [-0.25, -0.2) is 17.2 Å². The van der Waals surface area contributed by atoms with Gasteiger partial charge in [0.05, 0.1) is 28.9 Å². The molecule has 3 aromatic carbocycles. The number of nitrogens with zero attached hydrogens (tertiary/aromatic N) is 4. The second-order valence-electron chi connectivity index (χ2n) is 9.82. The van der Waals surface area contributed by atoms with E-state index in [1.54, 1.807) is 12.1 Å². The van der Waals surface area contributed by atoms with Crippen LogP contribution in [0, 0.1) is 11.6 Å². The van der Waals surface area contributed by atoms with E-state index in [0.29, 0.717) is 29.9 Å². The van der Waals surface area contributed by atoms with Crippen molar-refractivity contribution in [2.75, 3.05) is 31.1 Å². The smallest absolute Gasteiger partial charge is 0.281 e. The minimum atomic E-state index is -3.52. The lowest BCUT2D eigenvalue weighted by Crippen LogP contribution is -2.49. The number of aryl methyl sites for hydroxylation is 1. The molecule has 5 rings (SSSR count). The van der Waals surface area contributed by atoms with Crippen LogP contribution in [0.1, 0.15) is 24.5 Å². The van der Waals surface area contributed by atoms with E-state index in [2.05, 4.69) is 12.0 Å². The SMILES string of the molecule is CCCc1ccc(-c2c(N3CCN(S(=O)(=O)Cc4ccccc4)CC3)cnn(-c3cc(F)cc(F)c3)c2=O)cc1. The van der Waals surface area contributed by atoms with Crippen LogP contribution in [-0.2, 0) is 22.2 Å². The van der Waals surface area contributed by atoms with Crippen molar-refractivity contribution in [1.29, 1.82) is 0 Å². The van der Waals surface area contributed by atoms with Crippen molar-refractivity contribution in [3.05, 3.63) is 112 Å². The summed E-state index contributed by atoms with van der Waals surface area (Å²) < 4.78 is 56.6. The third-order valence-electron chi connectivity index (χ3n) is 7.00. The van der Waals surface area contributed by atoms with Gasteiger partial charge in [0.25, 0.3) is 5.56 Å². The highest BCUT2D eigenvalue weighted by atomic mass is 32.2. The predicted molar refractivity (Wildman–Crippen MR) is 152 cm³/mol. The Labute approximate surface area is 232 Å². The number of piperazine rings is 1. The zero-order valence-electron chi connectivity index (χ0n) is 22.1. The number of hydrogen-bond acceptors (Lipinski definition) is 5. The minimum Gasteiger partial charge on any atom is -0.367 e. The predicted octanol–water partition coefficient (Wildman–Crippen LogP) is 4.78. The Balaban J connectivity index is 1.48. The summed E-state index contributed by atoms with van der Waals surface area (Å²) in [6.07, 6.45) is 3.39. The summed E-state index contributed by atoms with van der Waals surface area (Å²) in [6.45, 7) is 3.30. The molecule has 0 saturated carbocycles. The first-order valence-corrected chi connectivity index (χ1v) is 14.8. The van der Waals surface area contributed by atoms with Crippen LogP contribution in [-0.4, -0.2) is 48.7 Å². The van der Waals surface area contributed by atoms with Crippen LogP contribution < -0.4 is 10.5 Å². The average Bonchev–Trinajstić information content (AvgIpc) is 2.93. The standard InChI is InChI=1S/C30H30F2N4O3S/c1-2-6-22-9-11-24(12-10-22)29-28(20-33-36(30(29)37)27-18-25(31)17-26(32)19-27)34-13-15-35(16-14-34)40(38,39)21-23-7-4-3-5-8-23/h3-5,7-12,17-20H,2,6,13-16,21H2,1H3. The molecule has 1 aliphatic rings. The highest BCUT2D eigenvalue weighted by Crippen LogP contribution is 2.29. The van der Waals surface area contributed by atoms with E-state index in [4.69, 9.17) is 0 Å². The van der Waals surface area contributed by atoms with Crippen molar-refractivity contribution in [2.24, 2.45) is 0 Å². The number of aromatic nitrogens is 2. The largest absolute Gasteiger partial charge is 0.367 e. The monoisotopic (exact) mass is 564 g/mol. The second kappa shape index (κ2) is 11.7. The molecule has 0 unspecified atom stereocenters. The summed E-state index contributed by atoms with van der Waals surface area (Å²) >= 11 is 0. The van der Waals surface area contributed by atoms with Crippen LogP contribution in [0.25, 0.3) is 16.8 Å². The van der Waals surface area contributed by atoms with E-state index in [1.807, 2.05) is 47.4 Å². The minimum absolute atomic E-state index is 0.0188. The Morgan fingerprint density at radius 1 is 0.850 bits per heavy atom. The fourth-order valence-corrected chi connectivity index (χ4v) is 6.53. The summed E-state index contributed by atoms with van der Waals surface area (Å²) in [5, 5.41) is 4.26. The van der Waals surface area contributed by atoms with E-state index in [-0.39, 0.29) is 24.5 Å². The third kappa shape index (κ3) is 5.97. The van der Waals surface area contributed by atoms with Crippen LogP contribution in [0.5, 0.6) is 0 Å². The number of sulfonamides is 1. The highest BCUT2D eigenvalue weighted by molar-refractivity contribution is 7.88. The number of benzene rings is 3. The Morgan fingerprint density at radius 3 is 2.12 bits per heavy atom. The summed E-state index contributed by atoms with van der Waals surface area (Å²) in [5.41, 5.74) is 2.84. The maximum Gasteiger partial charge on any atom is 0.281 e. The molecule has 0 bridgehead atoms. The van der Waals surface area contributed by atoms with Gasteiger partial charge in [-0.15, -0.1) is 0 Å². The second-order valence-corrected chi connectivity index (χ2v) is 11.8. The first-order chi connectivity index (χ1) is 19.2. The van der Waals surface area contributed by atoms with Crippen molar-refractivity contribution in [2.45, 2.75) is 25.5 Å². The maximum absolute atomic E-state index is 14.0. The summed E-state index contributed by atoms with van der Waals surface area (Å²) in [6, 6.07) is 19.5. The van der Waals surface area contributed by atoms with Gasteiger partial charge < -0.3 is 4.90 Å². The van der Waals surface area contributed by atoms with Crippen molar-refractivity contribution >= 4 is 15.7 Å². The van der Waals surface area contributed by atoms with E-state index in [9.17, 15) is 22.0 Å². The molecule has 0 N–H and O–H groups in total. The number of hydrogen-bond donors (Lipinski definition) is 0. The molecule has 1 saturated heterocycles. The van der Waals surface area contributed by atoms with E-state index < -0.39 is 27.2 Å². The molecular formula is C30H30F2N4O3S. The fourth-order valence-electron chi connectivity index (χ4n) is 5.01. The third-order valence-corrected chi connectivity index (χ3v) is 8.85. The van der Waals surface area contributed by atoms with Crippen LogP contribution in [0.2, 0.25) is 0 Å². The van der Waals surface area contributed by atoms with Crippen molar-refractivity contribution in [1.82, 2.24) is 14.1 Å². The van der Waals surface area contributed by atoms with Crippen LogP contribution in [0.15, 0.2) is 83.8 Å². The van der Waals surface area contributed by atoms with Crippen molar-refractivity contribution in [3.8, 4) is 16.8 Å². The molecule has 10 heteroatoms. The Kier molecular flexibility index (Phi) is 8.09. The fraction of sp³-hybridized carbons (Fsp3) is 0.267. The molecule has 208 valence electrons. The first-order valence-electron chi connectivity index (χ1n) is 13.2. The molecule has 7 nitrogen and oxygen atoms in total. The zero-order valence-corrected chi connectivity index (χ0v) is 22.9. The van der Waals surface area contributed by atoms with Gasteiger partial charge >= 0.3 is 0 Å². The zero-order chi connectivity index (χ0) is 28.3. The molecule has 0 amide bonds. The topological polar surface area (TPSA) is 75.5 Å². The molecule has 4 aromatic rings. The van der Waals surface area contributed by atoms with Crippen LogP contribution in [0.4, 0.5) is 14.5 Å². The molecule has 1 aliphatic heterocycles. The highest BCUT2D eigenvalue weighted by Gasteiger charge is 2.29. The van der Waals surface area contributed by atoms with Crippen LogP contribution >= 0.6 is 0 Å². The molecular weight excluding hydrogens is 534 g/mol. The Hall–Kier alpha value is -3.89. The lowest BCUT2D eigenvalue weighted by molar-refractivity contribution is 0.384. The number of anilines is 1. The molecule has 2 heterocycles. The Morgan fingerprint density at radius 2 is 1.50 bits per heavy atom. The molecule has 0 radical (unpaired) electrons. The van der Waals surface area contributed by atoms with Crippen molar-refractivity contribution in [3.63, 3.8) is 0 Å². The maximum atomic E-state index is 14.0. The molecule has 0 atom stereocenters. The van der Waals surface area contributed by atoms with Gasteiger partial charge in [0, 0.05) is 32.2 Å². The van der Waals surface area contributed by atoms with Gasteiger partial charge in [0.1, 0.15) is 11.6 Å². The van der Waals surface area contributed by atoms with Gasteiger partial charge in [-0.3, -0.25) is 4.79 Å². The van der Waals surface area contributed by atoms with Gasteiger partial charge in [-0.05, 0) is 35.2 Å². The molecule has 1 fully saturated rings. The molecule has 1 aromatic heterocycles. The normalized spacial score (nSPS) is 14.4. The van der Waals surface area contributed by atoms with E-state index >= 15 is 0 Å². The van der Waals surface area contributed by atoms with Gasteiger partial charge in [0.2, 0.25) is 10.0 Å². The van der Waals surface area contributed by atoms with Gasteiger partial charge in [-0.2, -0.15) is 14.1 Å². The lowest BCUT2D eigenvalue weighted by Gasteiger charge is -2.36. The summed E-state index contributed by atoms with van der Waals surface area (Å²) in [7, 11) is -3.52. The van der Waals surface area contributed by atoms with E-state index in [1.165, 1.54) is 10.5 Å². The summed E-state index contributed by atoms with van der Waals surface area (Å²) in [5.74, 6) is -1.71. The average molecular weight is 565 g/mol. The quantitative estimate of drug-likeness (QED) is 0.308. The van der Waals surface area contributed by atoms with Gasteiger partial charge in [0.15, 0.2) is 0 Å².